The Morgan fingerprint density at radius 2 is 1.68 bits per heavy atom. The molecule has 3 N–H and O–H groups in total. The lowest BCUT2D eigenvalue weighted by Crippen LogP contribution is -2.18. The van der Waals surface area contributed by atoms with E-state index >= 15 is 0 Å². The van der Waals surface area contributed by atoms with Crippen molar-refractivity contribution in [1.29, 1.82) is 0 Å². The van der Waals surface area contributed by atoms with Crippen LogP contribution in [0, 0.1) is 5.82 Å². The second-order valence-corrected chi connectivity index (χ2v) is 5.88. The van der Waals surface area contributed by atoms with Crippen molar-refractivity contribution in [3.05, 3.63) is 65.5 Å². The molecule has 0 radical (unpaired) electrons. The van der Waals surface area contributed by atoms with Crippen molar-refractivity contribution in [3.63, 3.8) is 0 Å². The summed E-state index contributed by atoms with van der Waals surface area (Å²) in [6.45, 7) is 0. The zero-order valence-corrected chi connectivity index (χ0v) is 12.0. The predicted octanol–water partition coefficient (Wildman–Crippen LogP) is 1.24. The van der Waals surface area contributed by atoms with Crippen LogP contribution in [0.1, 0.15) is 15.9 Å². The number of primary sulfonamides is 1. The van der Waals surface area contributed by atoms with Crippen LogP contribution < -0.4 is 10.6 Å². The fourth-order valence-corrected chi connectivity index (χ4v) is 2.09. The van der Waals surface area contributed by atoms with E-state index in [0.29, 0.717) is 5.56 Å². The Morgan fingerprint density at radius 3 is 2.23 bits per heavy atom. The average Bonchev–Trinajstić information content (AvgIpc) is 2.48. The Morgan fingerprint density at radius 1 is 1.09 bits per heavy atom. The normalized spacial score (nSPS) is 11.5. The van der Waals surface area contributed by atoms with Crippen LogP contribution in [-0.4, -0.2) is 20.5 Å². The summed E-state index contributed by atoms with van der Waals surface area (Å²) in [6.07, 6.45) is 1.36. The first-order valence-electron chi connectivity index (χ1n) is 6.08. The van der Waals surface area contributed by atoms with Gasteiger partial charge in [0.25, 0.3) is 5.91 Å². The average molecular weight is 321 g/mol. The van der Waals surface area contributed by atoms with Crippen LogP contribution in [0.2, 0.25) is 0 Å². The van der Waals surface area contributed by atoms with Crippen molar-refractivity contribution in [2.75, 3.05) is 0 Å². The van der Waals surface area contributed by atoms with Crippen LogP contribution >= 0.6 is 0 Å². The van der Waals surface area contributed by atoms with Gasteiger partial charge in [-0.2, -0.15) is 5.10 Å². The van der Waals surface area contributed by atoms with Gasteiger partial charge in [0.1, 0.15) is 5.82 Å². The van der Waals surface area contributed by atoms with Crippen molar-refractivity contribution >= 4 is 22.1 Å². The number of sulfonamides is 1. The van der Waals surface area contributed by atoms with Crippen LogP contribution in [0.4, 0.5) is 4.39 Å². The van der Waals surface area contributed by atoms with E-state index in [1.54, 1.807) is 0 Å². The molecule has 2 aromatic rings. The number of hydrazone groups is 1. The predicted molar refractivity (Wildman–Crippen MR) is 79.3 cm³/mol. The summed E-state index contributed by atoms with van der Waals surface area (Å²) in [4.78, 5) is 11.7. The molecule has 0 heterocycles. The minimum atomic E-state index is -3.79. The lowest BCUT2D eigenvalue weighted by molar-refractivity contribution is 0.0955. The van der Waals surface area contributed by atoms with E-state index in [2.05, 4.69) is 10.5 Å². The van der Waals surface area contributed by atoms with E-state index in [0.717, 1.165) is 0 Å². The summed E-state index contributed by atoms with van der Waals surface area (Å²) < 4.78 is 34.9. The number of carbonyl (C=O) groups is 1. The minimum Gasteiger partial charge on any atom is -0.267 e. The molecule has 0 spiro atoms. The highest BCUT2D eigenvalue weighted by atomic mass is 32.2. The molecule has 0 aliphatic rings. The summed E-state index contributed by atoms with van der Waals surface area (Å²) in [5, 5.41) is 8.69. The van der Waals surface area contributed by atoms with Crippen LogP contribution in [0.15, 0.2) is 58.5 Å². The molecule has 0 bridgehead atoms. The maximum Gasteiger partial charge on any atom is 0.271 e. The third-order valence-electron chi connectivity index (χ3n) is 2.69. The molecule has 0 unspecified atom stereocenters. The summed E-state index contributed by atoms with van der Waals surface area (Å²) in [5.41, 5.74) is 3.12. The second kappa shape index (κ2) is 6.46. The molecule has 0 aliphatic heterocycles. The number of nitrogens with zero attached hydrogens (tertiary/aromatic N) is 1. The van der Waals surface area contributed by atoms with Gasteiger partial charge in [-0.1, -0.05) is 12.1 Å². The summed E-state index contributed by atoms with van der Waals surface area (Å²) in [5.74, 6) is -0.879. The van der Waals surface area contributed by atoms with Gasteiger partial charge >= 0.3 is 0 Å². The van der Waals surface area contributed by atoms with Gasteiger partial charge in [0.05, 0.1) is 11.1 Å². The Hall–Kier alpha value is -2.58. The molecule has 0 aliphatic carbocycles. The Kier molecular flexibility index (Phi) is 4.64. The number of hydrogen-bond acceptors (Lipinski definition) is 4. The maximum atomic E-state index is 12.7. The quantitative estimate of drug-likeness (QED) is 0.654. The Labute approximate surface area is 126 Å². The molecule has 0 fully saturated rings. The number of carbonyl (C=O) groups excluding carboxylic acids is 1. The van der Waals surface area contributed by atoms with E-state index in [1.165, 1.54) is 54.7 Å². The number of rotatable bonds is 4. The van der Waals surface area contributed by atoms with E-state index < -0.39 is 15.9 Å². The summed E-state index contributed by atoms with van der Waals surface area (Å²) >= 11 is 0. The van der Waals surface area contributed by atoms with Gasteiger partial charge in [-0.25, -0.2) is 23.4 Å². The fraction of sp³-hybridized carbons (Fsp3) is 0. The number of halogens is 1. The summed E-state index contributed by atoms with van der Waals surface area (Å²) in [6, 6.07) is 10.7. The highest BCUT2D eigenvalue weighted by Gasteiger charge is 2.09. The standard InChI is InChI=1S/C14H12FN3O3S/c15-12-5-1-10(2-6-12)9-17-18-14(19)11-3-7-13(8-4-11)22(16,20)21/h1-9H,(H,18,19)(H2,16,20,21). The molecule has 2 aromatic carbocycles. The van der Waals surface area contributed by atoms with Crippen LogP contribution in [0.25, 0.3) is 0 Å². The van der Waals surface area contributed by atoms with Crippen LogP contribution in [-0.2, 0) is 10.0 Å². The first-order chi connectivity index (χ1) is 10.4. The Bertz CT molecular complexity index is 800. The van der Waals surface area contributed by atoms with Crippen molar-refractivity contribution in [3.8, 4) is 0 Å². The van der Waals surface area contributed by atoms with Gasteiger partial charge < -0.3 is 0 Å². The van der Waals surface area contributed by atoms with E-state index in [1.807, 2.05) is 0 Å². The largest absolute Gasteiger partial charge is 0.271 e. The summed E-state index contributed by atoms with van der Waals surface area (Å²) in [7, 11) is -3.79. The second-order valence-electron chi connectivity index (χ2n) is 4.32. The van der Waals surface area contributed by atoms with E-state index in [4.69, 9.17) is 5.14 Å². The van der Waals surface area contributed by atoms with Gasteiger partial charge in [-0.05, 0) is 42.0 Å². The number of hydrogen-bond donors (Lipinski definition) is 2. The maximum absolute atomic E-state index is 12.7. The van der Waals surface area contributed by atoms with Gasteiger partial charge in [0, 0.05) is 5.56 Å². The lowest BCUT2D eigenvalue weighted by atomic mass is 10.2. The molecule has 0 aromatic heterocycles. The minimum absolute atomic E-state index is 0.0844. The lowest BCUT2D eigenvalue weighted by Gasteiger charge is -2.01. The van der Waals surface area contributed by atoms with Crippen molar-refractivity contribution < 1.29 is 17.6 Å². The van der Waals surface area contributed by atoms with Crippen molar-refractivity contribution in [2.24, 2.45) is 10.2 Å². The zero-order valence-electron chi connectivity index (χ0n) is 11.2. The zero-order chi connectivity index (χ0) is 16.2. The topological polar surface area (TPSA) is 102 Å². The van der Waals surface area contributed by atoms with Gasteiger partial charge in [0.2, 0.25) is 10.0 Å². The highest BCUT2D eigenvalue weighted by Crippen LogP contribution is 2.08. The molecule has 0 saturated heterocycles. The molecule has 114 valence electrons. The molecule has 1 amide bonds. The van der Waals surface area contributed by atoms with Crippen LogP contribution in [0.5, 0.6) is 0 Å². The molecule has 0 atom stereocenters. The molecule has 22 heavy (non-hydrogen) atoms. The monoisotopic (exact) mass is 321 g/mol. The molecule has 0 saturated carbocycles. The van der Waals surface area contributed by atoms with Gasteiger partial charge in [-0.15, -0.1) is 0 Å². The third-order valence-corrected chi connectivity index (χ3v) is 3.62. The fourth-order valence-electron chi connectivity index (χ4n) is 1.57. The molecular weight excluding hydrogens is 309 g/mol. The number of nitrogens with two attached hydrogens (primary N) is 1. The van der Waals surface area contributed by atoms with E-state index in [9.17, 15) is 17.6 Å². The smallest absolute Gasteiger partial charge is 0.267 e. The first-order valence-corrected chi connectivity index (χ1v) is 7.63. The number of benzene rings is 2. The molecule has 8 heteroatoms. The van der Waals surface area contributed by atoms with Crippen molar-refractivity contribution in [1.82, 2.24) is 5.43 Å². The molecule has 6 nitrogen and oxygen atoms in total. The SMILES string of the molecule is NS(=O)(=O)c1ccc(C(=O)NN=Cc2ccc(F)cc2)cc1. The third kappa shape index (κ3) is 4.21. The van der Waals surface area contributed by atoms with Crippen molar-refractivity contribution in [2.45, 2.75) is 4.90 Å². The first kappa shape index (κ1) is 15.8. The number of nitrogens with one attached hydrogen (secondary N) is 1. The Balaban J connectivity index is 2.02. The number of amides is 1. The van der Waals surface area contributed by atoms with Crippen LogP contribution in [0.3, 0.4) is 0 Å². The van der Waals surface area contributed by atoms with Gasteiger partial charge in [0.15, 0.2) is 0 Å². The van der Waals surface area contributed by atoms with E-state index in [-0.39, 0.29) is 16.3 Å². The molecular formula is C14H12FN3O3S. The van der Waals surface area contributed by atoms with Gasteiger partial charge in [-0.3, -0.25) is 4.79 Å². The molecule has 2 rings (SSSR count). The highest BCUT2D eigenvalue weighted by molar-refractivity contribution is 7.89.